The van der Waals surface area contributed by atoms with Gasteiger partial charge in [0.05, 0.1) is 19.3 Å². The monoisotopic (exact) mass is 229 g/mol. The third kappa shape index (κ3) is 4.81. The van der Waals surface area contributed by atoms with Crippen molar-refractivity contribution < 1.29 is 9.84 Å². The van der Waals surface area contributed by atoms with Crippen LogP contribution in [0.1, 0.15) is 45.4 Å². The van der Waals surface area contributed by atoms with Crippen LogP contribution in [0.5, 0.6) is 0 Å². The van der Waals surface area contributed by atoms with Gasteiger partial charge in [0, 0.05) is 13.2 Å². The second-order valence-corrected chi connectivity index (χ2v) is 4.98. The van der Waals surface area contributed by atoms with Gasteiger partial charge < -0.3 is 15.2 Å². The van der Waals surface area contributed by atoms with Crippen LogP contribution in [0.25, 0.3) is 0 Å². The largest absolute Gasteiger partial charge is 0.395 e. The predicted octanol–water partition coefficient (Wildman–Crippen LogP) is 1.94. The maximum Gasteiger partial charge on any atom is 0.0638 e. The quantitative estimate of drug-likeness (QED) is 0.684. The zero-order valence-electron chi connectivity index (χ0n) is 10.7. The van der Waals surface area contributed by atoms with Crippen LogP contribution in [0, 0.1) is 5.92 Å². The molecule has 0 aromatic rings. The Balaban J connectivity index is 2.30. The number of aliphatic hydroxyl groups excluding tert-OH is 1. The van der Waals surface area contributed by atoms with Gasteiger partial charge in [0.2, 0.25) is 0 Å². The predicted molar refractivity (Wildman–Crippen MR) is 66.5 cm³/mol. The van der Waals surface area contributed by atoms with E-state index in [9.17, 15) is 5.11 Å². The van der Waals surface area contributed by atoms with Crippen molar-refractivity contribution >= 4 is 0 Å². The maximum atomic E-state index is 9.21. The summed E-state index contributed by atoms with van der Waals surface area (Å²) in [6.07, 6.45) is 7.84. The molecule has 1 aliphatic rings. The van der Waals surface area contributed by atoms with E-state index < -0.39 is 0 Å². The Morgan fingerprint density at radius 1 is 1.31 bits per heavy atom. The molecule has 1 rings (SSSR count). The molecular weight excluding hydrogens is 202 g/mol. The molecule has 0 aromatic carbocycles. The van der Waals surface area contributed by atoms with Crippen LogP contribution >= 0.6 is 0 Å². The molecule has 1 saturated carbocycles. The van der Waals surface area contributed by atoms with Gasteiger partial charge in [-0.2, -0.15) is 0 Å². The van der Waals surface area contributed by atoms with Crippen molar-refractivity contribution in [2.75, 3.05) is 20.3 Å². The molecule has 96 valence electrons. The lowest BCUT2D eigenvalue weighted by atomic mass is 9.98. The highest BCUT2D eigenvalue weighted by Crippen LogP contribution is 2.25. The number of rotatable bonds is 6. The lowest BCUT2D eigenvalue weighted by Gasteiger charge is -2.23. The summed E-state index contributed by atoms with van der Waals surface area (Å²) >= 11 is 0. The second-order valence-electron chi connectivity index (χ2n) is 4.98. The fourth-order valence-corrected chi connectivity index (χ4v) is 2.64. The molecule has 0 aliphatic heterocycles. The van der Waals surface area contributed by atoms with Crippen molar-refractivity contribution in [1.82, 2.24) is 5.32 Å². The molecule has 3 nitrogen and oxygen atoms in total. The number of aliphatic hydroxyl groups is 1. The Morgan fingerprint density at radius 3 is 2.75 bits per heavy atom. The summed E-state index contributed by atoms with van der Waals surface area (Å²) in [5, 5.41) is 12.7. The summed E-state index contributed by atoms with van der Waals surface area (Å²) in [7, 11) is 1.69. The Hall–Kier alpha value is -0.120. The SMILES string of the molecule is CCC1CCCC(NC(CO)COC)CC1. The summed E-state index contributed by atoms with van der Waals surface area (Å²) in [4.78, 5) is 0. The minimum absolute atomic E-state index is 0.105. The fraction of sp³-hybridized carbons (Fsp3) is 1.00. The molecule has 3 heteroatoms. The highest BCUT2D eigenvalue weighted by Gasteiger charge is 2.19. The van der Waals surface area contributed by atoms with Gasteiger partial charge in [-0.1, -0.05) is 26.2 Å². The summed E-state index contributed by atoms with van der Waals surface area (Å²) in [6.45, 7) is 3.06. The highest BCUT2D eigenvalue weighted by molar-refractivity contribution is 4.78. The summed E-state index contributed by atoms with van der Waals surface area (Å²) in [5.41, 5.74) is 0. The van der Waals surface area contributed by atoms with Gasteiger partial charge in [-0.15, -0.1) is 0 Å². The zero-order valence-corrected chi connectivity index (χ0v) is 10.7. The molecule has 0 saturated heterocycles. The molecule has 0 heterocycles. The number of hydrogen-bond donors (Lipinski definition) is 2. The standard InChI is InChI=1S/C13H27NO2/c1-3-11-5-4-6-12(8-7-11)14-13(9-15)10-16-2/h11-15H,3-10H2,1-2H3. The van der Waals surface area contributed by atoms with Crippen molar-refractivity contribution in [2.45, 2.75) is 57.5 Å². The first kappa shape index (κ1) is 13.9. The molecule has 0 amide bonds. The maximum absolute atomic E-state index is 9.21. The molecule has 3 unspecified atom stereocenters. The first-order valence-electron chi connectivity index (χ1n) is 6.66. The minimum atomic E-state index is 0.105. The average Bonchev–Trinajstić information content (AvgIpc) is 2.53. The van der Waals surface area contributed by atoms with E-state index in [1.165, 1.54) is 38.5 Å². The highest BCUT2D eigenvalue weighted by atomic mass is 16.5. The number of hydrogen-bond acceptors (Lipinski definition) is 3. The van der Waals surface area contributed by atoms with Crippen molar-refractivity contribution in [2.24, 2.45) is 5.92 Å². The van der Waals surface area contributed by atoms with Gasteiger partial charge in [0.15, 0.2) is 0 Å². The molecular formula is C13H27NO2. The van der Waals surface area contributed by atoms with Gasteiger partial charge in [0.25, 0.3) is 0 Å². The normalized spacial score (nSPS) is 28.7. The van der Waals surface area contributed by atoms with Crippen LogP contribution < -0.4 is 5.32 Å². The van der Waals surface area contributed by atoms with Crippen molar-refractivity contribution in [3.63, 3.8) is 0 Å². The van der Waals surface area contributed by atoms with E-state index in [4.69, 9.17) is 4.74 Å². The molecule has 0 bridgehead atoms. The smallest absolute Gasteiger partial charge is 0.0638 e. The molecule has 1 fully saturated rings. The first-order valence-corrected chi connectivity index (χ1v) is 6.66. The van der Waals surface area contributed by atoms with Crippen LogP contribution in [0.4, 0.5) is 0 Å². The van der Waals surface area contributed by atoms with Crippen molar-refractivity contribution in [3.05, 3.63) is 0 Å². The topological polar surface area (TPSA) is 41.5 Å². The van der Waals surface area contributed by atoms with E-state index >= 15 is 0 Å². The first-order chi connectivity index (χ1) is 7.80. The lowest BCUT2D eigenvalue weighted by molar-refractivity contribution is 0.120. The zero-order chi connectivity index (χ0) is 11.8. The van der Waals surface area contributed by atoms with Gasteiger partial charge in [-0.3, -0.25) is 0 Å². The van der Waals surface area contributed by atoms with E-state index in [1.807, 2.05) is 0 Å². The van der Waals surface area contributed by atoms with Gasteiger partial charge >= 0.3 is 0 Å². The third-order valence-corrected chi connectivity index (χ3v) is 3.73. The number of ether oxygens (including phenoxy) is 1. The Bertz CT molecular complexity index is 175. The van der Waals surface area contributed by atoms with Crippen LogP contribution in [-0.4, -0.2) is 37.5 Å². The number of nitrogens with one attached hydrogen (secondary N) is 1. The molecule has 0 spiro atoms. The van der Waals surface area contributed by atoms with E-state index in [0.29, 0.717) is 12.6 Å². The molecule has 2 N–H and O–H groups in total. The third-order valence-electron chi connectivity index (χ3n) is 3.73. The molecule has 16 heavy (non-hydrogen) atoms. The van der Waals surface area contributed by atoms with Crippen LogP contribution in [0.3, 0.4) is 0 Å². The summed E-state index contributed by atoms with van der Waals surface area (Å²) in [5.74, 6) is 0.918. The molecule has 0 aromatic heterocycles. The van der Waals surface area contributed by atoms with Crippen molar-refractivity contribution in [3.8, 4) is 0 Å². The summed E-state index contributed by atoms with van der Waals surface area (Å²) in [6, 6.07) is 0.678. The number of methoxy groups -OCH3 is 1. The molecule has 0 radical (unpaired) electrons. The van der Waals surface area contributed by atoms with E-state index in [0.717, 1.165) is 5.92 Å². The lowest BCUT2D eigenvalue weighted by Crippen LogP contribution is -2.43. The fourth-order valence-electron chi connectivity index (χ4n) is 2.64. The Morgan fingerprint density at radius 2 is 2.12 bits per heavy atom. The van der Waals surface area contributed by atoms with E-state index in [-0.39, 0.29) is 12.6 Å². The van der Waals surface area contributed by atoms with Gasteiger partial charge in [-0.05, 0) is 25.2 Å². The van der Waals surface area contributed by atoms with Crippen molar-refractivity contribution in [1.29, 1.82) is 0 Å². The second kappa shape index (κ2) is 8.04. The van der Waals surface area contributed by atoms with Crippen LogP contribution in [0.2, 0.25) is 0 Å². The van der Waals surface area contributed by atoms with Crippen LogP contribution in [-0.2, 0) is 4.74 Å². The average molecular weight is 229 g/mol. The van der Waals surface area contributed by atoms with Crippen LogP contribution in [0.15, 0.2) is 0 Å². The Kier molecular flexibility index (Phi) is 7.01. The van der Waals surface area contributed by atoms with Gasteiger partial charge in [0.1, 0.15) is 0 Å². The van der Waals surface area contributed by atoms with Gasteiger partial charge in [-0.25, -0.2) is 0 Å². The minimum Gasteiger partial charge on any atom is -0.395 e. The molecule has 1 aliphatic carbocycles. The van der Waals surface area contributed by atoms with E-state index in [1.54, 1.807) is 7.11 Å². The van der Waals surface area contributed by atoms with E-state index in [2.05, 4.69) is 12.2 Å². The molecule has 3 atom stereocenters. The Labute approximate surface area is 99.6 Å². The summed E-state index contributed by atoms with van der Waals surface area (Å²) < 4.78 is 5.09.